The van der Waals surface area contributed by atoms with Crippen LogP contribution in [0.3, 0.4) is 0 Å². The molecule has 0 saturated heterocycles. The van der Waals surface area contributed by atoms with Crippen molar-refractivity contribution in [3.63, 3.8) is 0 Å². The molecule has 0 aliphatic heterocycles. The zero-order valence-electron chi connectivity index (χ0n) is 12.2. The lowest BCUT2D eigenvalue weighted by molar-refractivity contribution is 0.218. The van der Waals surface area contributed by atoms with Gasteiger partial charge in [-0.15, -0.1) is 11.3 Å². The average Bonchev–Trinajstić information content (AvgIpc) is 2.98. The molecule has 1 aromatic carbocycles. The number of hydrogen-bond acceptors (Lipinski definition) is 4. The average molecular weight is 338 g/mol. The third-order valence-electron chi connectivity index (χ3n) is 2.79. The Morgan fingerprint density at radius 1 is 1.27 bits per heavy atom. The van der Waals surface area contributed by atoms with Crippen LogP contribution in [0.2, 0.25) is 0 Å². The number of carbonyl (C=O) groups is 1. The summed E-state index contributed by atoms with van der Waals surface area (Å²) in [5, 5.41) is 8.20. The second kappa shape index (κ2) is 8.67. The first-order valence-electron chi connectivity index (χ1n) is 6.72. The molecule has 0 saturated carbocycles. The number of amides is 2. The highest BCUT2D eigenvalue weighted by Crippen LogP contribution is 2.16. The highest BCUT2D eigenvalue weighted by Gasteiger charge is 2.06. The first-order chi connectivity index (χ1) is 10.7. The number of urea groups is 1. The van der Waals surface area contributed by atoms with Crippen LogP contribution in [0.4, 0.5) is 15.5 Å². The van der Waals surface area contributed by atoms with Gasteiger partial charge in [-0.2, -0.15) is 0 Å². The standard InChI is InChI=1S/C15H18N2O3S2/c1-20-7-9-22(19)11-12-4-2-5-13(10-12)16-15(18)17-14-6-3-8-21-14/h2-6,8,10H,7,9,11H2,1H3,(H2,16,17,18)/t22-/m0/s1. The van der Waals surface area contributed by atoms with Gasteiger partial charge in [0, 0.05) is 35.1 Å². The van der Waals surface area contributed by atoms with Crippen molar-refractivity contribution in [3.05, 3.63) is 47.3 Å². The van der Waals surface area contributed by atoms with Crippen LogP contribution >= 0.6 is 11.3 Å². The lowest BCUT2D eigenvalue weighted by Gasteiger charge is -2.08. The number of anilines is 2. The van der Waals surface area contributed by atoms with Crippen LogP contribution in [0.5, 0.6) is 0 Å². The van der Waals surface area contributed by atoms with Gasteiger partial charge >= 0.3 is 6.03 Å². The molecule has 2 aromatic rings. The Kier molecular flexibility index (Phi) is 6.57. The van der Waals surface area contributed by atoms with Crippen molar-refractivity contribution in [3.8, 4) is 0 Å². The van der Waals surface area contributed by atoms with Crippen molar-refractivity contribution in [2.45, 2.75) is 5.75 Å². The Hall–Kier alpha value is -1.70. The molecule has 5 nitrogen and oxygen atoms in total. The molecule has 22 heavy (non-hydrogen) atoms. The molecule has 0 aliphatic carbocycles. The lowest BCUT2D eigenvalue weighted by atomic mass is 10.2. The molecule has 0 spiro atoms. The summed E-state index contributed by atoms with van der Waals surface area (Å²) in [5.74, 6) is 0.957. The van der Waals surface area contributed by atoms with Gasteiger partial charge in [-0.25, -0.2) is 4.79 Å². The molecule has 2 rings (SSSR count). The number of benzene rings is 1. The molecule has 0 aliphatic rings. The van der Waals surface area contributed by atoms with Crippen LogP contribution in [0.25, 0.3) is 0 Å². The van der Waals surface area contributed by atoms with Gasteiger partial charge < -0.3 is 10.1 Å². The molecule has 0 bridgehead atoms. The van der Waals surface area contributed by atoms with Gasteiger partial charge in [0.2, 0.25) is 0 Å². The van der Waals surface area contributed by atoms with E-state index in [2.05, 4.69) is 10.6 Å². The van der Waals surface area contributed by atoms with Gasteiger partial charge in [0.05, 0.1) is 11.6 Å². The summed E-state index contributed by atoms with van der Waals surface area (Å²) >= 11 is 1.46. The first-order valence-corrected chi connectivity index (χ1v) is 9.08. The number of thiophene rings is 1. The fourth-order valence-electron chi connectivity index (χ4n) is 1.80. The summed E-state index contributed by atoms with van der Waals surface area (Å²) in [6.45, 7) is 0.480. The molecule has 2 amide bonds. The molecule has 0 fully saturated rings. The number of carbonyl (C=O) groups excluding carboxylic acids is 1. The molecule has 1 aromatic heterocycles. The van der Waals surface area contributed by atoms with Crippen LogP contribution in [-0.4, -0.2) is 29.7 Å². The molecule has 7 heteroatoms. The maximum absolute atomic E-state index is 11.9. The Morgan fingerprint density at radius 3 is 2.86 bits per heavy atom. The highest BCUT2D eigenvalue weighted by atomic mass is 32.2. The number of rotatable bonds is 7. The summed E-state index contributed by atoms with van der Waals surface area (Å²) in [5.41, 5.74) is 1.60. The molecular formula is C15H18N2O3S2. The van der Waals surface area contributed by atoms with E-state index in [0.29, 0.717) is 23.8 Å². The van der Waals surface area contributed by atoms with Crippen molar-refractivity contribution in [1.29, 1.82) is 0 Å². The van der Waals surface area contributed by atoms with Gasteiger partial charge in [0.1, 0.15) is 0 Å². The van der Waals surface area contributed by atoms with Crippen LogP contribution in [0.1, 0.15) is 5.56 Å². The minimum atomic E-state index is -0.970. The monoisotopic (exact) mass is 338 g/mol. The van der Waals surface area contributed by atoms with Gasteiger partial charge in [-0.3, -0.25) is 9.53 Å². The van der Waals surface area contributed by atoms with E-state index in [1.165, 1.54) is 11.3 Å². The summed E-state index contributed by atoms with van der Waals surface area (Å²) in [4.78, 5) is 11.9. The maximum atomic E-state index is 11.9. The Labute approximate surface area is 136 Å². The topological polar surface area (TPSA) is 67.4 Å². The zero-order chi connectivity index (χ0) is 15.8. The molecule has 1 heterocycles. The van der Waals surface area contributed by atoms with Gasteiger partial charge in [-0.05, 0) is 35.2 Å². The third-order valence-corrected chi connectivity index (χ3v) is 4.85. The summed E-state index contributed by atoms with van der Waals surface area (Å²) in [6.07, 6.45) is 0. The van der Waals surface area contributed by atoms with E-state index < -0.39 is 10.8 Å². The minimum absolute atomic E-state index is 0.292. The van der Waals surface area contributed by atoms with E-state index >= 15 is 0 Å². The van der Waals surface area contributed by atoms with Crippen molar-refractivity contribution in [2.24, 2.45) is 0 Å². The molecule has 0 unspecified atom stereocenters. The predicted octanol–water partition coefficient (Wildman–Crippen LogP) is 3.29. The first kappa shape index (κ1) is 16.7. The third kappa shape index (κ3) is 5.59. The fraction of sp³-hybridized carbons (Fsp3) is 0.267. The van der Waals surface area contributed by atoms with Gasteiger partial charge in [0.25, 0.3) is 0 Å². The number of hydrogen-bond donors (Lipinski definition) is 2. The summed E-state index contributed by atoms with van der Waals surface area (Å²) in [7, 11) is 0.622. The van der Waals surface area contributed by atoms with E-state index in [1.807, 2.05) is 35.7 Å². The number of nitrogens with one attached hydrogen (secondary N) is 2. The van der Waals surface area contributed by atoms with Crippen molar-refractivity contribution >= 4 is 38.9 Å². The van der Waals surface area contributed by atoms with E-state index in [-0.39, 0.29) is 6.03 Å². The fourth-order valence-corrected chi connectivity index (χ4v) is 3.46. The lowest BCUT2D eigenvalue weighted by Crippen LogP contribution is -2.18. The predicted molar refractivity (Wildman–Crippen MR) is 92.0 cm³/mol. The maximum Gasteiger partial charge on any atom is 0.324 e. The van der Waals surface area contributed by atoms with E-state index in [4.69, 9.17) is 4.74 Å². The van der Waals surface area contributed by atoms with Crippen LogP contribution < -0.4 is 10.6 Å². The smallest absolute Gasteiger partial charge is 0.324 e. The van der Waals surface area contributed by atoms with E-state index in [0.717, 1.165) is 10.6 Å². The van der Waals surface area contributed by atoms with Gasteiger partial charge in [-0.1, -0.05) is 12.1 Å². The Morgan fingerprint density at radius 2 is 2.14 bits per heavy atom. The largest absolute Gasteiger partial charge is 0.384 e. The molecule has 1 atom stereocenters. The summed E-state index contributed by atoms with van der Waals surface area (Å²) in [6, 6.07) is 10.8. The summed E-state index contributed by atoms with van der Waals surface area (Å²) < 4.78 is 16.8. The van der Waals surface area contributed by atoms with Crippen LogP contribution in [0.15, 0.2) is 41.8 Å². The van der Waals surface area contributed by atoms with E-state index in [9.17, 15) is 9.00 Å². The zero-order valence-corrected chi connectivity index (χ0v) is 13.8. The van der Waals surface area contributed by atoms with E-state index in [1.54, 1.807) is 13.2 Å². The normalized spacial score (nSPS) is 11.9. The SMILES string of the molecule is COCC[S@](=O)Cc1cccc(NC(=O)Nc2cccs2)c1. The Balaban J connectivity index is 1.90. The second-order valence-corrected chi connectivity index (χ2v) is 7.06. The Bertz CT molecular complexity index is 629. The molecule has 118 valence electrons. The minimum Gasteiger partial charge on any atom is -0.384 e. The molecule has 0 radical (unpaired) electrons. The van der Waals surface area contributed by atoms with Crippen molar-refractivity contribution in [2.75, 3.05) is 30.1 Å². The quantitative estimate of drug-likeness (QED) is 0.814. The molecule has 2 N–H and O–H groups in total. The van der Waals surface area contributed by atoms with Crippen LogP contribution in [-0.2, 0) is 21.3 Å². The van der Waals surface area contributed by atoms with Gasteiger partial charge in [0.15, 0.2) is 0 Å². The second-order valence-electron chi connectivity index (χ2n) is 4.54. The van der Waals surface area contributed by atoms with Crippen molar-refractivity contribution in [1.82, 2.24) is 0 Å². The van der Waals surface area contributed by atoms with Crippen molar-refractivity contribution < 1.29 is 13.7 Å². The number of ether oxygens (including phenoxy) is 1. The van der Waals surface area contributed by atoms with Crippen LogP contribution in [0, 0.1) is 0 Å². The highest BCUT2D eigenvalue weighted by molar-refractivity contribution is 7.84. The number of methoxy groups -OCH3 is 1. The molecular weight excluding hydrogens is 320 g/mol.